The van der Waals surface area contributed by atoms with E-state index in [0.29, 0.717) is 10.7 Å². The Morgan fingerprint density at radius 2 is 1.90 bits per heavy atom. The maximum Gasteiger partial charge on any atom is 0.272 e. The fourth-order valence-corrected chi connectivity index (χ4v) is 2.54. The largest absolute Gasteiger partial charge is 0.504 e. The van der Waals surface area contributed by atoms with Crippen LogP contribution < -0.4 is 5.32 Å². The van der Waals surface area contributed by atoms with Crippen LogP contribution in [0.5, 0.6) is 5.75 Å². The minimum atomic E-state index is -0.389. The van der Waals surface area contributed by atoms with Crippen molar-refractivity contribution in [1.82, 2.24) is 4.98 Å². The first-order valence-electron chi connectivity index (χ1n) is 6.12. The van der Waals surface area contributed by atoms with E-state index < -0.39 is 0 Å². The van der Waals surface area contributed by atoms with Crippen molar-refractivity contribution in [1.29, 1.82) is 0 Å². The molecule has 3 N–H and O–H groups in total. The minimum Gasteiger partial charge on any atom is -0.504 e. The van der Waals surface area contributed by atoms with Gasteiger partial charge in [0.15, 0.2) is 5.75 Å². The number of benzene rings is 2. The van der Waals surface area contributed by atoms with Gasteiger partial charge in [0.05, 0.1) is 10.7 Å². The average Bonchev–Trinajstić information content (AvgIpc) is 2.88. The van der Waals surface area contributed by atoms with E-state index in [1.807, 2.05) is 24.3 Å². The number of nitrogens with one attached hydrogen (secondary N) is 2. The van der Waals surface area contributed by atoms with Crippen LogP contribution >= 0.6 is 23.2 Å². The summed E-state index contributed by atoms with van der Waals surface area (Å²) >= 11 is 11.7. The van der Waals surface area contributed by atoms with Crippen LogP contribution in [0.2, 0.25) is 10.0 Å². The highest BCUT2D eigenvalue weighted by atomic mass is 35.5. The maximum absolute atomic E-state index is 12.2. The van der Waals surface area contributed by atoms with Crippen LogP contribution in [-0.2, 0) is 0 Å². The van der Waals surface area contributed by atoms with E-state index in [-0.39, 0.29) is 22.4 Å². The van der Waals surface area contributed by atoms with Gasteiger partial charge in [0, 0.05) is 15.9 Å². The summed E-state index contributed by atoms with van der Waals surface area (Å²) < 4.78 is 0. The number of amides is 1. The minimum absolute atomic E-state index is 0.0782. The van der Waals surface area contributed by atoms with Gasteiger partial charge in [-0.3, -0.25) is 4.79 Å². The third-order valence-electron chi connectivity index (χ3n) is 3.05. The number of aromatic nitrogens is 1. The van der Waals surface area contributed by atoms with E-state index in [1.54, 1.807) is 6.07 Å². The smallest absolute Gasteiger partial charge is 0.272 e. The number of fused-ring (bicyclic) bond motifs is 1. The molecule has 4 nitrogen and oxygen atoms in total. The van der Waals surface area contributed by atoms with Crippen LogP contribution in [0.3, 0.4) is 0 Å². The normalized spacial score (nSPS) is 10.8. The molecule has 0 aliphatic heterocycles. The summed E-state index contributed by atoms with van der Waals surface area (Å²) in [6, 6.07) is 12.1. The van der Waals surface area contributed by atoms with Gasteiger partial charge in [-0.1, -0.05) is 41.4 Å². The van der Waals surface area contributed by atoms with Crippen molar-refractivity contribution >= 4 is 45.7 Å². The van der Waals surface area contributed by atoms with Crippen molar-refractivity contribution in [3.05, 3.63) is 58.2 Å². The zero-order valence-electron chi connectivity index (χ0n) is 10.7. The monoisotopic (exact) mass is 320 g/mol. The van der Waals surface area contributed by atoms with Crippen LogP contribution in [0.15, 0.2) is 42.5 Å². The lowest BCUT2D eigenvalue weighted by Crippen LogP contribution is -2.12. The molecule has 3 rings (SSSR count). The van der Waals surface area contributed by atoms with Gasteiger partial charge in [-0.05, 0) is 24.3 Å². The third-order valence-corrected chi connectivity index (χ3v) is 3.56. The highest BCUT2D eigenvalue weighted by Crippen LogP contribution is 2.35. The molecule has 0 atom stereocenters. The van der Waals surface area contributed by atoms with E-state index in [9.17, 15) is 9.90 Å². The van der Waals surface area contributed by atoms with Crippen molar-refractivity contribution in [2.45, 2.75) is 0 Å². The molecule has 1 aromatic heterocycles. The summed E-state index contributed by atoms with van der Waals surface area (Å²) in [5.74, 6) is -0.606. The molecule has 0 aliphatic carbocycles. The van der Waals surface area contributed by atoms with Crippen LogP contribution in [0.1, 0.15) is 10.5 Å². The summed E-state index contributed by atoms with van der Waals surface area (Å²) in [4.78, 5) is 15.2. The molecule has 0 unspecified atom stereocenters. The predicted octanol–water partition coefficient (Wildman–Crippen LogP) is 4.43. The summed E-state index contributed by atoms with van der Waals surface area (Å²) in [7, 11) is 0. The fraction of sp³-hybridized carbons (Fsp3) is 0. The second kappa shape index (κ2) is 5.31. The number of anilines is 1. The molecule has 0 fully saturated rings. The van der Waals surface area contributed by atoms with E-state index in [4.69, 9.17) is 23.2 Å². The molecule has 0 bridgehead atoms. The highest BCUT2D eigenvalue weighted by molar-refractivity contribution is 6.36. The molecular formula is C15H10Cl2N2O2. The average molecular weight is 321 g/mol. The summed E-state index contributed by atoms with van der Waals surface area (Å²) in [6.07, 6.45) is 0. The Balaban J connectivity index is 1.93. The number of aromatic amines is 1. The number of carbonyl (C=O) groups is 1. The van der Waals surface area contributed by atoms with E-state index in [0.717, 1.165) is 10.9 Å². The van der Waals surface area contributed by atoms with Gasteiger partial charge >= 0.3 is 0 Å². The molecule has 3 aromatic rings. The molecule has 0 saturated carbocycles. The van der Waals surface area contributed by atoms with Crippen molar-refractivity contribution in [3.8, 4) is 5.75 Å². The molecule has 106 valence electrons. The number of H-pyrrole nitrogens is 1. The van der Waals surface area contributed by atoms with Crippen LogP contribution in [0.4, 0.5) is 5.69 Å². The Labute approximate surface area is 130 Å². The number of hydrogen-bond acceptors (Lipinski definition) is 2. The summed E-state index contributed by atoms with van der Waals surface area (Å²) in [6.45, 7) is 0. The molecule has 0 aliphatic rings. The highest BCUT2D eigenvalue weighted by Gasteiger charge is 2.14. The quantitative estimate of drug-likeness (QED) is 0.611. The number of phenols is 1. The molecule has 2 aromatic carbocycles. The lowest BCUT2D eigenvalue weighted by Gasteiger charge is -2.08. The molecule has 0 radical (unpaired) electrons. The summed E-state index contributed by atoms with van der Waals surface area (Å²) in [5, 5.41) is 13.8. The lowest BCUT2D eigenvalue weighted by atomic mass is 10.2. The zero-order valence-corrected chi connectivity index (χ0v) is 12.2. The van der Waals surface area contributed by atoms with Gasteiger partial charge in [0.25, 0.3) is 5.91 Å². The molecule has 21 heavy (non-hydrogen) atoms. The van der Waals surface area contributed by atoms with Gasteiger partial charge in [0.1, 0.15) is 5.69 Å². The number of carbonyl (C=O) groups excluding carboxylic acids is 1. The van der Waals surface area contributed by atoms with E-state index in [2.05, 4.69) is 10.3 Å². The van der Waals surface area contributed by atoms with Crippen molar-refractivity contribution in [2.24, 2.45) is 0 Å². The SMILES string of the molecule is O=C(Nc1cc(Cl)cc(Cl)c1O)c1cc2ccccc2[nH]1. The van der Waals surface area contributed by atoms with Crippen molar-refractivity contribution in [2.75, 3.05) is 5.32 Å². The molecule has 1 heterocycles. The Hall–Kier alpha value is -2.17. The second-order valence-electron chi connectivity index (χ2n) is 4.51. The number of phenolic OH excluding ortho intramolecular Hbond substituents is 1. The lowest BCUT2D eigenvalue weighted by molar-refractivity contribution is 0.102. The zero-order chi connectivity index (χ0) is 15.0. The van der Waals surface area contributed by atoms with Gasteiger partial charge < -0.3 is 15.4 Å². The van der Waals surface area contributed by atoms with E-state index in [1.165, 1.54) is 12.1 Å². The van der Waals surface area contributed by atoms with Crippen LogP contribution in [-0.4, -0.2) is 16.0 Å². The first-order chi connectivity index (χ1) is 10.0. The van der Waals surface area contributed by atoms with Crippen LogP contribution in [0.25, 0.3) is 10.9 Å². The second-order valence-corrected chi connectivity index (χ2v) is 5.35. The molecule has 0 spiro atoms. The van der Waals surface area contributed by atoms with E-state index >= 15 is 0 Å². The number of halogens is 2. The van der Waals surface area contributed by atoms with Gasteiger partial charge in [-0.2, -0.15) is 0 Å². The van der Waals surface area contributed by atoms with Gasteiger partial charge in [-0.15, -0.1) is 0 Å². The fourth-order valence-electron chi connectivity index (χ4n) is 2.05. The van der Waals surface area contributed by atoms with Crippen LogP contribution in [0, 0.1) is 0 Å². The van der Waals surface area contributed by atoms with Crippen molar-refractivity contribution < 1.29 is 9.90 Å². The number of rotatable bonds is 2. The number of aromatic hydroxyl groups is 1. The molecular weight excluding hydrogens is 311 g/mol. The maximum atomic E-state index is 12.2. The first-order valence-corrected chi connectivity index (χ1v) is 6.87. The Kier molecular flexibility index (Phi) is 3.49. The first kappa shape index (κ1) is 13.8. The Morgan fingerprint density at radius 3 is 2.67 bits per heavy atom. The molecule has 6 heteroatoms. The Bertz CT molecular complexity index is 810. The molecule has 0 saturated heterocycles. The summed E-state index contributed by atoms with van der Waals surface area (Å²) in [5.41, 5.74) is 1.40. The Morgan fingerprint density at radius 1 is 1.14 bits per heavy atom. The van der Waals surface area contributed by atoms with Crippen molar-refractivity contribution in [3.63, 3.8) is 0 Å². The standard InChI is InChI=1S/C15H10Cl2N2O2/c16-9-6-10(17)14(20)12(7-9)19-15(21)13-5-8-3-1-2-4-11(8)18-13/h1-7,18,20H,(H,19,21). The van der Waals surface area contributed by atoms with Gasteiger partial charge in [-0.25, -0.2) is 0 Å². The number of hydrogen-bond donors (Lipinski definition) is 3. The predicted molar refractivity (Wildman–Crippen MR) is 84.4 cm³/mol. The van der Waals surface area contributed by atoms with Gasteiger partial charge in [0.2, 0.25) is 0 Å². The number of para-hydroxylation sites is 1. The topological polar surface area (TPSA) is 65.1 Å². The molecule has 1 amide bonds. The third kappa shape index (κ3) is 2.68.